The third-order valence-corrected chi connectivity index (χ3v) is 5.15. The molecule has 0 spiro atoms. The number of rotatable bonds is 7. The van der Waals surface area contributed by atoms with Crippen molar-refractivity contribution in [1.82, 2.24) is 9.78 Å². The number of anilines is 1. The molecule has 1 aromatic heterocycles. The van der Waals surface area contributed by atoms with E-state index in [0.717, 1.165) is 11.1 Å². The largest absolute Gasteiger partial charge is 0.487 e. The highest BCUT2D eigenvalue weighted by Crippen LogP contribution is 2.28. The molecule has 0 atom stereocenters. The molecule has 0 saturated carbocycles. The first-order valence-electron chi connectivity index (χ1n) is 9.72. The molecule has 5 nitrogen and oxygen atoms in total. The van der Waals surface area contributed by atoms with Gasteiger partial charge >= 0.3 is 0 Å². The van der Waals surface area contributed by atoms with Crippen LogP contribution >= 0.6 is 23.2 Å². The molecule has 1 N–H and O–H groups in total. The number of nitrogens with one attached hydrogen (secondary N) is 1. The highest BCUT2D eigenvalue weighted by Gasteiger charge is 2.10. The average Bonchev–Trinajstić information content (AvgIpc) is 3.21. The molecular formula is C24H18Cl2FN3O2. The minimum atomic E-state index is -0.289. The summed E-state index contributed by atoms with van der Waals surface area (Å²) in [5.41, 5.74) is 2.19. The average molecular weight is 470 g/mol. The van der Waals surface area contributed by atoms with E-state index in [0.29, 0.717) is 33.7 Å². The number of hydrogen-bond donors (Lipinski definition) is 1. The van der Waals surface area contributed by atoms with Gasteiger partial charge in [0.2, 0.25) is 0 Å². The fraction of sp³-hybridized carbons (Fsp3) is 0.0833. The maximum atomic E-state index is 13.0. The van der Waals surface area contributed by atoms with E-state index in [4.69, 9.17) is 27.9 Å². The minimum Gasteiger partial charge on any atom is -0.487 e. The summed E-state index contributed by atoms with van der Waals surface area (Å²) in [4.78, 5) is 12.7. The van der Waals surface area contributed by atoms with E-state index in [9.17, 15) is 9.18 Å². The Morgan fingerprint density at radius 1 is 1.00 bits per heavy atom. The van der Waals surface area contributed by atoms with Crippen LogP contribution in [0.4, 0.5) is 10.2 Å². The Morgan fingerprint density at radius 2 is 1.81 bits per heavy atom. The van der Waals surface area contributed by atoms with Crippen molar-refractivity contribution in [3.63, 3.8) is 0 Å². The molecule has 0 fully saturated rings. The number of carbonyl (C=O) groups excluding carboxylic acids is 1. The first kappa shape index (κ1) is 21.9. The third-order valence-electron chi connectivity index (χ3n) is 4.62. The summed E-state index contributed by atoms with van der Waals surface area (Å²) >= 11 is 12.0. The summed E-state index contributed by atoms with van der Waals surface area (Å²) in [6, 6.07) is 20.0. The SMILES string of the molecule is O=C(Nc1ccn(Cc2ccc(F)cc2)n1)c1cccc(COc2ccc(Cl)cc2Cl)c1. The maximum absolute atomic E-state index is 13.0. The van der Waals surface area contributed by atoms with Gasteiger partial charge < -0.3 is 10.1 Å². The van der Waals surface area contributed by atoms with Crippen LogP contribution in [-0.2, 0) is 13.2 Å². The summed E-state index contributed by atoms with van der Waals surface area (Å²) in [6.07, 6.45) is 1.75. The van der Waals surface area contributed by atoms with Gasteiger partial charge in [0.15, 0.2) is 5.82 Å². The predicted molar refractivity (Wildman–Crippen MR) is 123 cm³/mol. The zero-order valence-electron chi connectivity index (χ0n) is 16.8. The van der Waals surface area contributed by atoms with Gasteiger partial charge in [-0.1, -0.05) is 47.5 Å². The normalized spacial score (nSPS) is 10.7. The molecule has 3 aromatic carbocycles. The number of aromatic nitrogens is 2. The number of nitrogens with zero attached hydrogens (tertiary/aromatic N) is 2. The number of hydrogen-bond acceptors (Lipinski definition) is 3. The zero-order chi connectivity index (χ0) is 22.5. The lowest BCUT2D eigenvalue weighted by Gasteiger charge is -2.09. The molecule has 1 amide bonds. The molecular weight excluding hydrogens is 452 g/mol. The molecule has 32 heavy (non-hydrogen) atoms. The molecule has 4 aromatic rings. The van der Waals surface area contributed by atoms with Crippen molar-refractivity contribution in [3.05, 3.63) is 112 Å². The molecule has 1 heterocycles. The molecule has 0 aliphatic heterocycles. The van der Waals surface area contributed by atoms with E-state index in [2.05, 4.69) is 10.4 Å². The van der Waals surface area contributed by atoms with Gasteiger partial charge in [0.25, 0.3) is 5.91 Å². The second-order valence-electron chi connectivity index (χ2n) is 7.04. The summed E-state index contributed by atoms with van der Waals surface area (Å²) in [5, 5.41) is 8.08. The van der Waals surface area contributed by atoms with Crippen molar-refractivity contribution in [3.8, 4) is 5.75 Å². The van der Waals surface area contributed by atoms with Crippen LogP contribution < -0.4 is 10.1 Å². The molecule has 0 aliphatic carbocycles. The van der Waals surface area contributed by atoms with Crippen molar-refractivity contribution in [2.45, 2.75) is 13.2 Å². The molecule has 162 valence electrons. The summed E-state index contributed by atoms with van der Waals surface area (Å²) in [7, 11) is 0. The Hall–Kier alpha value is -3.35. The van der Waals surface area contributed by atoms with Gasteiger partial charge in [-0.25, -0.2) is 4.39 Å². The first-order valence-corrected chi connectivity index (χ1v) is 10.5. The van der Waals surface area contributed by atoms with Crippen molar-refractivity contribution in [2.75, 3.05) is 5.32 Å². The van der Waals surface area contributed by atoms with Gasteiger partial charge in [0, 0.05) is 22.8 Å². The van der Waals surface area contributed by atoms with Gasteiger partial charge in [-0.15, -0.1) is 0 Å². The number of carbonyl (C=O) groups is 1. The van der Waals surface area contributed by atoms with Crippen LogP contribution in [0.2, 0.25) is 10.0 Å². The lowest BCUT2D eigenvalue weighted by molar-refractivity contribution is 0.102. The van der Waals surface area contributed by atoms with Gasteiger partial charge in [-0.05, 0) is 53.6 Å². The molecule has 0 saturated heterocycles. The molecule has 0 aliphatic rings. The summed E-state index contributed by atoms with van der Waals surface area (Å²) < 4.78 is 20.4. The van der Waals surface area contributed by atoms with Gasteiger partial charge in [0.05, 0.1) is 11.6 Å². The Balaban J connectivity index is 1.37. The zero-order valence-corrected chi connectivity index (χ0v) is 18.3. The van der Waals surface area contributed by atoms with E-state index in [-0.39, 0.29) is 18.3 Å². The number of halogens is 3. The highest BCUT2D eigenvalue weighted by molar-refractivity contribution is 6.35. The lowest BCUT2D eigenvalue weighted by Crippen LogP contribution is -2.13. The fourth-order valence-corrected chi connectivity index (χ4v) is 3.50. The van der Waals surface area contributed by atoms with Crippen LogP contribution in [0.5, 0.6) is 5.75 Å². The first-order chi connectivity index (χ1) is 15.5. The van der Waals surface area contributed by atoms with Crippen LogP contribution in [0.3, 0.4) is 0 Å². The highest BCUT2D eigenvalue weighted by atomic mass is 35.5. The lowest BCUT2D eigenvalue weighted by atomic mass is 10.1. The van der Waals surface area contributed by atoms with E-state index >= 15 is 0 Å². The molecule has 0 bridgehead atoms. The third kappa shape index (κ3) is 5.66. The van der Waals surface area contributed by atoms with Gasteiger partial charge in [-0.2, -0.15) is 5.10 Å². The topological polar surface area (TPSA) is 56.2 Å². The van der Waals surface area contributed by atoms with E-state index in [1.165, 1.54) is 12.1 Å². The standard InChI is InChI=1S/C24H18Cl2FN3O2/c25-19-6-9-22(21(26)13-19)32-15-17-2-1-3-18(12-17)24(31)28-23-10-11-30(29-23)14-16-4-7-20(27)8-5-16/h1-13H,14-15H2,(H,28,29,31). The second-order valence-corrected chi connectivity index (χ2v) is 7.89. The quantitative estimate of drug-likeness (QED) is 0.350. The molecule has 4 rings (SSSR count). The Bertz CT molecular complexity index is 1240. The van der Waals surface area contributed by atoms with Crippen molar-refractivity contribution >= 4 is 34.9 Å². The fourth-order valence-electron chi connectivity index (χ4n) is 3.04. The second kappa shape index (κ2) is 9.85. The van der Waals surface area contributed by atoms with Gasteiger partial charge in [-0.3, -0.25) is 9.48 Å². The number of benzene rings is 3. The summed E-state index contributed by atoms with van der Waals surface area (Å²) in [6.45, 7) is 0.713. The van der Waals surface area contributed by atoms with Gasteiger partial charge in [0.1, 0.15) is 18.2 Å². The Kier molecular flexibility index (Phi) is 6.73. The van der Waals surface area contributed by atoms with Crippen LogP contribution in [0.15, 0.2) is 79.0 Å². The van der Waals surface area contributed by atoms with Crippen LogP contribution in [0.25, 0.3) is 0 Å². The summed E-state index contributed by atoms with van der Waals surface area (Å²) in [5.74, 6) is 0.360. The predicted octanol–water partition coefficient (Wildman–Crippen LogP) is 6.21. The van der Waals surface area contributed by atoms with Crippen LogP contribution in [0.1, 0.15) is 21.5 Å². The minimum absolute atomic E-state index is 0.245. The van der Waals surface area contributed by atoms with Crippen molar-refractivity contribution in [2.24, 2.45) is 0 Å². The van der Waals surface area contributed by atoms with Crippen LogP contribution in [-0.4, -0.2) is 15.7 Å². The molecule has 0 unspecified atom stereocenters. The van der Waals surface area contributed by atoms with E-state index in [1.807, 2.05) is 6.07 Å². The van der Waals surface area contributed by atoms with Crippen molar-refractivity contribution in [1.29, 1.82) is 0 Å². The maximum Gasteiger partial charge on any atom is 0.256 e. The Labute approximate surface area is 194 Å². The van der Waals surface area contributed by atoms with E-state index < -0.39 is 0 Å². The number of ether oxygens (including phenoxy) is 1. The molecule has 8 heteroatoms. The molecule has 0 radical (unpaired) electrons. The Morgan fingerprint density at radius 3 is 2.59 bits per heavy atom. The van der Waals surface area contributed by atoms with Crippen LogP contribution in [0, 0.1) is 5.82 Å². The van der Waals surface area contributed by atoms with Crippen molar-refractivity contribution < 1.29 is 13.9 Å². The van der Waals surface area contributed by atoms with E-state index in [1.54, 1.807) is 65.5 Å². The monoisotopic (exact) mass is 469 g/mol. The number of amides is 1. The smallest absolute Gasteiger partial charge is 0.256 e.